The van der Waals surface area contributed by atoms with Gasteiger partial charge in [-0.05, 0) is 36.1 Å². The third-order valence-corrected chi connectivity index (χ3v) is 6.53. The number of nitrogens with zero attached hydrogens (tertiary/aromatic N) is 3. The minimum atomic E-state index is -3.50. The molecule has 0 atom stereocenters. The topological polar surface area (TPSA) is 88.3 Å². The second kappa shape index (κ2) is 8.34. The average molecular weight is 415 g/mol. The molecule has 3 rings (SSSR count). The lowest BCUT2D eigenvalue weighted by Crippen LogP contribution is -2.22. The molecule has 0 aliphatic rings. The van der Waals surface area contributed by atoms with E-state index in [1.54, 1.807) is 18.2 Å². The van der Waals surface area contributed by atoms with Gasteiger partial charge in [0.1, 0.15) is 0 Å². The molecule has 0 unspecified atom stereocenters. The van der Waals surface area contributed by atoms with Crippen molar-refractivity contribution >= 4 is 15.7 Å². The zero-order valence-corrected chi connectivity index (χ0v) is 18.1. The first kappa shape index (κ1) is 21.0. The Labute approximate surface area is 171 Å². The van der Waals surface area contributed by atoms with Gasteiger partial charge in [0.2, 0.25) is 21.7 Å². The van der Waals surface area contributed by atoms with Crippen LogP contribution < -0.4 is 5.32 Å². The minimum Gasteiger partial charge on any atom is -0.376 e. The van der Waals surface area contributed by atoms with Crippen LogP contribution >= 0.6 is 0 Å². The molecule has 1 N–H and O–H groups in total. The summed E-state index contributed by atoms with van der Waals surface area (Å²) in [5.41, 5.74) is 3.77. The molecule has 154 valence electrons. The predicted molar refractivity (Wildman–Crippen MR) is 113 cm³/mol. The van der Waals surface area contributed by atoms with Crippen LogP contribution in [-0.2, 0) is 16.6 Å². The van der Waals surface area contributed by atoms with Gasteiger partial charge in [-0.2, -0.15) is 4.98 Å². The molecule has 0 radical (unpaired) electrons. The van der Waals surface area contributed by atoms with Gasteiger partial charge >= 0.3 is 0 Å². The lowest BCUT2D eigenvalue weighted by atomic mass is 10.0. The number of aryl methyl sites for hydroxylation is 1. The molecule has 2 aromatic carbocycles. The van der Waals surface area contributed by atoms with Crippen molar-refractivity contribution in [2.24, 2.45) is 0 Å². The Kier molecular flexibility index (Phi) is 6.04. The van der Waals surface area contributed by atoms with Gasteiger partial charge in [0.25, 0.3) is 0 Å². The number of hydrogen-bond acceptors (Lipinski definition) is 6. The summed E-state index contributed by atoms with van der Waals surface area (Å²) < 4.78 is 31.2. The van der Waals surface area contributed by atoms with Crippen molar-refractivity contribution in [3.63, 3.8) is 0 Å². The van der Waals surface area contributed by atoms with Crippen LogP contribution in [0.5, 0.6) is 0 Å². The number of benzene rings is 2. The maximum Gasteiger partial charge on any atom is 0.246 e. The van der Waals surface area contributed by atoms with Gasteiger partial charge in [0.05, 0.1) is 11.4 Å². The molecule has 0 aliphatic carbocycles. The fraction of sp³-hybridized carbons (Fsp3) is 0.333. The van der Waals surface area contributed by atoms with Crippen LogP contribution in [0.1, 0.15) is 36.8 Å². The summed E-state index contributed by atoms with van der Waals surface area (Å²) >= 11 is 0. The summed E-state index contributed by atoms with van der Waals surface area (Å²) in [5, 5.41) is 7.24. The molecule has 3 aromatic rings. The molecule has 0 aliphatic heterocycles. The zero-order chi connectivity index (χ0) is 21.2. The molecule has 8 heteroatoms. The van der Waals surface area contributed by atoms with E-state index < -0.39 is 10.0 Å². The Balaban J connectivity index is 1.74. The van der Waals surface area contributed by atoms with Gasteiger partial charge in [-0.15, -0.1) is 0 Å². The van der Waals surface area contributed by atoms with E-state index in [1.807, 2.05) is 19.1 Å². The van der Waals surface area contributed by atoms with E-state index in [9.17, 15) is 8.42 Å². The third kappa shape index (κ3) is 4.65. The second-order valence-corrected chi connectivity index (χ2v) is 9.56. The molecule has 29 heavy (non-hydrogen) atoms. The Morgan fingerprint density at radius 1 is 1.10 bits per heavy atom. The van der Waals surface area contributed by atoms with Crippen LogP contribution in [0.15, 0.2) is 51.9 Å². The first-order chi connectivity index (χ1) is 13.7. The summed E-state index contributed by atoms with van der Waals surface area (Å²) in [7, 11) is -0.479. The number of anilines is 1. The third-order valence-electron chi connectivity index (χ3n) is 4.72. The highest BCUT2D eigenvalue weighted by molar-refractivity contribution is 7.89. The van der Waals surface area contributed by atoms with Crippen LogP contribution in [0.3, 0.4) is 0 Å². The maximum atomic E-state index is 12.4. The normalized spacial score (nSPS) is 12.0. The fourth-order valence-electron chi connectivity index (χ4n) is 2.79. The number of sulfonamides is 1. The molecule has 0 amide bonds. The SMILES string of the molecule is Cc1ccc(S(=O)(=O)N(C)C)cc1NCc1nc(-c2ccc(C(C)C)cc2)no1. The van der Waals surface area contributed by atoms with E-state index >= 15 is 0 Å². The molecular weight excluding hydrogens is 388 g/mol. The van der Waals surface area contributed by atoms with E-state index in [2.05, 4.69) is 41.4 Å². The standard InChI is InChI=1S/C21H26N4O3S/c1-14(2)16-7-9-17(10-8-16)21-23-20(28-24-21)13-22-19-12-18(11-6-15(19)3)29(26,27)25(4)5/h6-12,14,22H,13H2,1-5H3. The lowest BCUT2D eigenvalue weighted by Gasteiger charge is -2.14. The van der Waals surface area contributed by atoms with Gasteiger partial charge in [0.15, 0.2) is 0 Å². The van der Waals surface area contributed by atoms with Crippen molar-refractivity contribution < 1.29 is 12.9 Å². The van der Waals surface area contributed by atoms with E-state index in [1.165, 1.54) is 24.0 Å². The Morgan fingerprint density at radius 3 is 2.41 bits per heavy atom. The number of hydrogen-bond donors (Lipinski definition) is 1. The van der Waals surface area contributed by atoms with Crippen LogP contribution in [-0.4, -0.2) is 37.0 Å². The van der Waals surface area contributed by atoms with Crippen molar-refractivity contribution in [1.82, 2.24) is 14.4 Å². The van der Waals surface area contributed by atoms with Crippen molar-refractivity contribution in [2.75, 3.05) is 19.4 Å². The molecule has 0 saturated heterocycles. The van der Waals surface area contributed by atoms with Crippen LogP contribution in [0.25, 0.3) is 11.4 Å². The Hall–Kier alpha value is -2.71. The van der Waals surface area contributed by atoms with Crippen LogP contribution in [0.4, 0.5) is 5.69 Å². The Bertz CT molecular complexity index is 1090. The first-order valence-electron chi connectivity index (χ1n) is 9.38. The predicted octanol–water partition coefficient (Wildman–Crippen LogP) is 4.03. The number of rotatable bonds is 7. The number of aromatic nitrogens is 2. The van der Waals surface area contributed by atoms with Crippen LogP contribution in [0, 0.1) is 6.92 Å². The quantitative estimate of drug-likeness (QED) is 0.628. The number of nitrogens with one attached hydrogen (secondary N) is 1. The molecule has 1 aromatic heterocycles. The fourth-order valence-corrected chi connectivity index (χ4v) is 3.72. The molecule has 7 nitrogen and oxygen atoms in total. The smallest absolute Gasteiger partial charge is 0.246 e. The average Bonchev–Trinajstić information content (AvgIpc) is 3.16. The van der Waals surface area contributed by atoms with E-state index in [0.717, 1.165) is 11.1 Å². The highest BCUT2D eigenvalue weighted by Crippen LogP contribution is 2.23. The molecule has 0 saturated carbocycles. The highest BCUT2D eigenvalue weighted by Gasteiger charge is 2.18. The van der Waals surface area contributed by atoms with Gasteiger partial charge in [-0.1, -0.05) is 49.3 Å². The summed E-state index contributed by atoms with van der Waals surface area (Å²) in [4.78, 5) is 4.66. The maximum absolute atomic E-state index is 12.4. The van der Waals surface area contributed by atoms with Crippen LogP contribution in [0.2, 0.25) is 0 Å². The summed E-state index contributed by atoms with van der Waals surface area (Å²) in [5.74, 6) is 1.41. The van der Waals surface area contributed by atoms with Gasteiger partial charge < -0.3 is 9.84 Å². The second-order valence-electron chi connectivity index (χ2n) is 7.41. The summed E-state index contributed by atoms with van der Waals surface area (Å²) in [6.07, 6.45) is 0. The molecule has 0 fully saturated rings. The lowest BCUT2D eigenvalue weighted by molar-refractivity contribution is 0.384. The van der Waals surface area contributed by atoms with Crippen molar-refractivity contribution in [1.29, 1.82) is 0 Å². The van der Waals surface area contributed by atoms with Gasteiger partial charge in [-0.25, -0.2) is 12.7 Å². The largest absolute Gasteiger partial charge is 0.376 e. The van der Waals surface area contributed by atoms with Crippen molar-refractivity contribution in [3.05, 3.63) is 59.5 Å². The van der Waals surface area contributed by atoms with Crippen molar-refractivity contribution in [3.8, 4) is 11.4 Å². The molecule has 0 spiro atoms. The Morgan fingerprint density at radius 2 is 1.79 bits per heavy atom. The van der Waals surface area contributed by atoms with Gasteiger partial charge in [-0.3, -0.25) is 0 Å². The van der Waals surface area contributed by atoms with Crippen molar-refractivity contribution in [2.45, 2.75) is 38.1 Å². The summed E-state index contributed by atoms with van der Waals surface area (Å²) in [6.45, 7) is 6.50. The highest BCUT2D eigenvalue weighted by atomic mass is 32.2. The molecule has 1 heterocycles. The molecule has 0 bridgehead atoms. The first-order valence-corrected chi connectivity index (χ1v) is 10.8. The minimum absolute atomic E-state index is 0.229. The monoisotopic (exact) mass is 414 g/mol. The van der Waals surface area contributed by atoms with E-state index in [0.29, 0.717) is 29.9 Å². The van der Waals surface area contributed by atoms with Gasteiger partial charge in [0, 0.05) is 25.3 Å². The summed E-state index contributed by atoms with van der Waals surface area (Å²) in [6, 6.07) is 13.1. The molecular formula is C21H26N4O3S. The van der Waals surface area contributed by atoms with E-state index in [-0.39, 0.29) is 4.90 Å². The zero-order valence-electron chi connectivity index (χ0n) is 17.3. The van der Waals surface area contributed by atoms with E-state index in [4.69, 9.17) is 4.52 Å².